The molecule has 0 atom stereocenters. The zero-order chi connectivity index (χ0) is 13.4. The van der Waals surface area contributed by atoms with Gasteiger partial charge in [-0.25, -0.2) is 9.18 Å². The van der Waals surface area contributed by atoms with Crippen LogP contribution in [0.25, 0.3) is 22.1 Å². The van der Waals surface area contributed by atoms with Gasteiger partial charge in [-0.1, -0.05) is 34.1 Å². The van der Waals surface area contributed by atoms with E-state index in [9.17, 15) is 9.18 Å². The molecule has 0 saturated carbocycles. The molecule has 4 heteroatoms. The van der Waals surface area contributed by atoms with Crippen LogP contribution in [0.2, 0.25) is 0 Å². The third-order valence-corrected chi connectivity index (χ3v) is 3.35. The number of hydrogen-bond donors (Lipinski definition) is 0. The maximum atomic E-state index is 13.7. The largest absolute Gasteiger partial charge is 0.422 e. The van der Waals surface area contributed by atoms with Crippen LogP contribution in [-0.2, 0) is 0 Å². The number of rotatable bonds is 1. The highest BCUT2D eigenvalue weighted by Gasteiger charge is 2.11. The molecule has 0 bridgehead atoms. The fraction of sp³-hybridized carbons (Fsp3) is 0. The molecule has 0 N–H and O–H groups in total. The standard InChI is InChI=1S/C15H8BrFO2/c16-10-5-6-14-9(7-10)8-12(15(18)19-14)11-3-1-2-4-13(11)17/h1-8H. The van der Waals surface area contributed by atoms with Gasteiger partial charge in [-0.05, 0) is 30.3 Å². The number of halogens is 2. The van der Waals surface area contributed by atoms with E-state index in [2.05, 4.69) is 15.9 Å². The fourth-order valence-corrected chi connectivity index (χ4v) is 2.34. The van der Waals surface area contributed by atoms with E-state index in [1.807, 2.05) is 6.07 Å². The van der Waals surface area contributed by atoms with Gasteiger partial charge in [0.15, 0.2) is 0 Å². The van der Waals surface area contributed by atoms with Crippen molar-refractivity contribution in [3.63, 3.8) is 0 Å². The SMILES string of the molecule is O=c1oc2ccc(Br)cc2cc1-c1ccccc1F. The molecule has 0 aliphatic rings. The van der Waals surface area contributed by atoms with Crippen LogP contribution in [0.15, 0.2) is 62.2 Å². The first kappa shape index (κ1) is 12.1. The molecule has 0 spiro atoms. The molecule has 1 heterocycles. The van der Waals surface area contributed by atoms with E-state index in [-0.39, 0.29) is 11.1 Å². The van der Waals surface area contributed by atoms with Gasteiger partial charge in [-0.15, -0.1) is 0 Å². The number of hydrogen-bond acceptors (Lipinski definition) is 2. The van der Waals surface area contributed by atoms with E-state index in [4.69, 9.17) is 4.42 Å². The van der Waals surface area contributed by atoms with Crippen molar-refractivity contribution in [3.05, 3.63) is 69.2 Å². The summed E-state index contributed by atoms with van der Waals surface area (Å²) in [7, 11) is 0. The normalized spacial score (nSPS) is 10.8. The molecule has 0 amide bonds. The first-order valence-corrected chi connectivity index (χ1v) is 6.43. The van der Waals surface area contributed by atoms with Crippen molar-refractivity contribution in [3.8, 4) is 11.1 Å². The summed E-state index contributed by atoms with van der Waals surface area (Å²) >= 11 is 3.35. The smallest absolute Gasteiger partial charge is 0.344 e. The van der Waals surface area contributed by atoms with Crippen molar-refractivity contribution >= 4 is 26.9 Å². The lowest BCUT2D eigenvalue weighted by atomic mass is 10.1. The molecule has 2 nitrogen and oxygen atoms in total. The van der Waals surface area contributed by atoms with E-state index in [1.165, 1.54) is 6.07 Å². The Morgan fingerprint density at radius 1 is 1.00 bits per heavy atom. The molecule has 0 radical (unpaired) electrons. The van der Waals surface area contributed by atoms with Crippen LogP contribution in [0.1, 0.15) is 0 Å². The second kappa shape index (κ2) is 4.63. The Morgan fingerprint density at radius 3 is 2.58 bits per heavy atom. The lowest BCUT2D eigenvalue weighted by Gasteiger charge is -2.04. The molecule has 0 unspecified atom stereocenters. The van der Waals surface area contributed by atoms with Crippen LogP contribution in [-0.4, -0.2) is 0 Å². The van der Waals surface area contributed by atoms with Crippen molar-refractivity contribution in [2.75, 3.05) is 0 Å². The zero-order valence-corrected chi connectivity index (χ0v) is 11.3. The zero-order valence-electron chi connectivity index (χ0n) is 9.69. The highest BCUT2D eigenvalue weighted by Crippen LogP contribution is 2.25. The lowest BCUT2D eigenvalue weighted by molar-refractivity contribution is 0.561. The van der Waals surface area contributed by atoms with Gasteiger partial charge in [0.1, 0.15) is 11.4 Å². The monoisotopic (exact) mass is 318 g/mol. The Hall–Kier alpha value is -1.94. The maximum Gasteiger partial charge on any atom is 0.344 e. The van der Waals surface area contributed by atoms with E-state index < -0.39 is 11.4 Å². The predicted octanol–water partition coefficient (Wildman–Crippen LogP) is 4.36. The van der Waals surface area contributed by atoms with Gasteiger partial charge in [0.25, 0.3) is 0 Å². The summed E-state index contributed by atoms with van der Waals surface area (Å²) < 4.78 is 19.8. The summed E-state index contributed by atoms with van der Waals surface area (Å²) in [5.74, 6) is -0.441. The average Bonchev–Trinajstić information content (AvgIpc) is 2.39. The third kappa shape index (κ3) is 2.19. The van der Waals surface area contributed by atoms with Crippen molar-refractivity contribution < 1.29 is 8.81 Å². The summed E-state index contributed by atoms with van der Waals surface area (Å²) in [5.41, 5.74) is 0.412. The Balaban J connectivity index is 2.33. The second-order valence-corrected chi connectivity index (χ2v) is 5.03. The summed E-state index contributed by atoms with van der Waals surface area (Å²) in [6, 6.07) is 13.1. The summed E-state index contributed by atoms with van der Waals surface area (Å²) in [5, 5.41) is 0.743. The molecular weight excluding hydrogens is 311 g/mol. The molecule has 0 aliphatic heterocycles. The molecule has 0 aliphatic carbocycles. The summed E-state index contributed by atoms with van der Waals surface area (Å²) in [4.78, 5) is 11.9. The average molecular weight is 319 g/mol. The van der Waals surface area contributed by atoms with Crippen molar-refractivity contribution in [1.29, 1.82) is 0 Å². The summed E-state index contributed by atoms with van der Waals surface area (Å²) in [6.45, 7) is 0. The predicted molar refractivity (Wildman–Crippen MR) is 75.6 cm³/mol. The van der Waals surface area contributed by atoms with Crippen LogP contribution < -0.4 is 5.63 Å². The summed E-state index contributed by atoms with van der Waals surface area (Å²) in [6.07, 6.45) is 0. The minimum atomic E-state index is -0.542. The van der Waals surface area contributed by atoms with Crippen LogP contribution in [0.4, 0.5) is 4.39 Å². The highest BCUT2D eigenvalue weighted by atomic mass is 79.9. The second-order valence-electron chi connectivity index (χ2n) is 4.11. The molecule has 3 rings (SSSR count). The Kier molecular flexibility index (Phi) is 2.95. The van der Waals surface area contributed by atoms with Gasteiger partial charge >= 0.3 is 5.63 Å². The lowest BCUT2D eigenvalue weighted by Crippen LogP contribution is -2.03. The van der Waals surface area contributed by atoms with E-state index >= 15 is 0 Å². The first-order valence-electron chi connectivity index (χ1n) is 5.63. The van der Waals surface area contributed by atoms with Gasteiger partial charge in [-0.2, -0.15) is 0 Å². The van der Waals surface area contributed by atoms with Crippen LogP contribution in [0.3, 0.4) is 0 Å². The van der Waals surface area contributed by atoms with Crippen LogP contribution >= 0.6 is 15.9 Å². The quantitative estimate of drug-likeness (QED) is 0.624. The van der Waals surface area contributed by atoms with Crippen molar-refractivity contribution in [2.24, 2.45) is 0 Å². The first-order chi connectivity index (χ1) is 9.15. The molecule has 1 aromatic heterocycles. The number of benzene rings is 2. The van der Waals surface area contributed by atoms with E-state index in [0.717, 1.165) is 9.86 Å². The minimum absolute atomic E-state index is 0.226. The Bertz CT molecular complexity index is 824. The Labute approximate surface area is 116 Å². The minimum Gasteiger partial charge on any atom is -0.422 e. The van der Waals surface area contributed by atoms with Crippen molar-refractivity contribution in [2.45, 2.75) is 0 Å². The maximum absolute atomic E-state index is 13.7. The molecule has 0 fully saturated rings. The molecule has 0 saturated heterocycles. The van der Waals surface area contributed by atoms with Crippen LogP contribution in [0.5, 0.6) is 0 Å². The van der Waals surface area contributed by atoms with Gasteiger partial charge in [-0.3, -0.25) is 0 Å². The number of fused-ring (bicyclic) bond motifs is 1. The van der Waals surface area contributed by atoms with E-state index in [1.54, 1.807) is 36.4 Å². The molecule has 19 heavy (non-hydrogen) atoms. The van der Waals surface area contributed by atoms with Gasteiger partial charge in [0.05, 0.1) is 5.56 Å². The highest BCUT2D eigenvalue weighted by molar-refractivity contribution is 9.10. The third-order valence-electron chi connectivity index (χ3n) is 2.86. The molecular formula is C15H8BrFO2. The van der Waals surface area contributed by atoms with Crippen LogP contribution in [0, 0.1) is 5.82 Å². The molecule has 2 aromatic carbocycles. The fourth-order valence-electron chi connectivity index (χ4n) is 1.96. The van der Waals surface area contributed by atoms with Gasteiger partial charge < -0.3 is 4.42 Å². The Morgan fingerprint density at radius 2 is 1.79 bits per heavy atom. The van der Waals surface area contributed by atoms with Crippen molar-refractivity contribution in [1.82, 2.24) is 0 Å². The van der Waals surface area contributed by atoms with E-state index in [0.29, 0.717) is 5.58 Å². The van der Waals surface area contributed by atoms with Gasteiger partial charge in [0.2, 0.25) is 0 Å². The molecule has 3 aromatic rings. The molecule has 94 valence electrons. The van der Waals surface area contributed by atoms with Gasteiger partial charge in [0, 0.05) is 15.4 Å². The topological polar surface area (TPSA) is 30.2 Å².